The molecule has 3 N–H and O–H groups in total. The molecule has 0 rings (SSSR count). The second-order valence-electron chi connectivity index (χ2n) is 4.83. The van der Waals surface area contributed by atoms with Gasteiger partial charge in [-0.3, -0.25) is 0 Å². The molecule has 0 aromatic carbocycles. The molecule has 3 unspecified atom stereocenters. The molecule has 3 atom stereocenters. The van der Waals surface area contributed by atoms with Gasteiger partial charge in [-0.05, 0) is 0 Å². The monoisotopic (exact) mass is 384 g/mol. The van der Waals surface area contributed by atoms with Crippen molar-refractivity contribution in [2.24, 2.45) is 17.8 Å². The van der Waals surface area contributed by atoms with Crippen molar-refractivity contribution in [3.05, 3.63) is 0 Å². The van der Waals surface area contributed by atoms with Crippen molar-refractivity contribution in [2.75, 3.05) is 19.8 Å². The van der Waals surface area contributed by atoms with Gasteiger partial charge in [-0.25, -0.2) is 0 Å². The summed E-state index contributed by atoms with van der Waals surface area (Å²) in [6.07, 6.45) is 0. The van der Waals surface area contributed by atoms with Crippen LogP contribution in [-0.2, 0) is 25.6 Å². The quantitative estimate of drug-likeness (QED) is 0.402. The molecule has 0 aliphatic heterocycles. The van der Waals surface area contributed by atoms with E-state index in [0.717, 1.165) is 0 Å². The van der Waals surface area contributed by atoms with Crippen molar-refractivity contribution in [3.63, 3.8) is 0 Å². The zero-order valence-electron chi connectivity index (χ0n) is 12.6. The van der Waals surface area contributed by atoms with E-state index >= 15 is 0 Å². The topological polar surface area (TPSA) is 140 Å². The van der Waals surface area contributed by atoms with E-state index in [1.807, 2.05) is 0 Å². The van der Waals surface area contributed by atoms with Gasteiger partial charge in [0.2, 0.25) is 0 Å². The summed E-state index contributed by atoms with van der Waals surface area (Å²) in [4.78, 5) is 32.2. The molecular weight excluding hydrogens is 363 g/mol. The first kappa shape index (κ1) is 20.8. The molecule has 0 heterocycles. The van der Waals surface area contributed by atoms with E-state index in [4.69, 9.17) is 26.5 Å². The van der Waals surface area contributed by atoms with Crippen LogP contribution in [0.2, 0.25) is 0 Å². The number of carbonyl (C=O) groups is 3. The summed E-state index contributed by atoms with van der Waals surface area (Å²) in [6.45, 7) is 3.85. The Hall–Kier alpha value is -1.15. The van der Waals surface area contributed by atoms with Crippen LogP contribution in [0.15, 0.2) is 0 Å². The molecular formula is C12H21AsO9. The Bertz CT molecular complexity index is 330. The van der Waals surface area contributed by atoms with Gasteiger partial charge in [0.15, 0.2) is 0 Å². The van der Waals surface area contributed by atoms with Crippen molar-refractivity contribution in [1.82, 2.24) is 0 Å². The van der Waals surface area contributed by atoms with Crippen molar-refractivity contribution in [1.29, 1.82) is 0 Å². The van der Waals surface area contributed by atoms with Crippen molar-refractivity contribution < 1.29 is 40.9 Å². The van der Waals surface area contributed by atoms with E-state index < -0.39 is 51.3 Å². The van der Waals surface area contributed by atoms with Crippen LogP contribution in [0.5, 0.6) is 0 Å². The van der Waals surface area contributed by atoms with Gasteiger partial charge in [0.1, 0.15) is 0 Å². The van der Waals surface area contributed by atoms with Crippen molar-refractivity contribution >= 4 is 33.6 Å². The van der Waals surface area contributed by atoms with Crippen LogP contribution in [0.3, 0.4) is 0 Å². The molecule has 0 aliphatic rings. The Morgan fingerprint density at radius 2 is 0.955 bits per heavy atom. The molecule has 0 fully saturated rings. The van der Waals surface area contributed by atoms with Gasteiger partial charge >= 0.3 is 133 Å². The summed E-state index contributed by atoms with van der Waals surface area (Å²) in [5, 5.41) is 26.3. The second kappa shape index (κ2) is 10.6. The van der Waals surface area contributed by atoms with Crippen LogP contribution >= 0.6 is 0 Å². The number of aliphatic carboxylic acids is 3. The van der Waals surface area contributed by atoms with E-state index in [1.165, 1.54) is 20.8 Å². The molecule has 10 heteroatoms. The fraction of sp³-hybridized carbons (Fsp3) is 0.750. The van der Waals surface area contributed by atoms with E-state index in [9.17, 15) is 14.4 Å². The maximum absolute atomic E-state index is 10.7. The van der Waals surface area contributed by atoms with Gasteiger partial charge in [-0.2, -0.15) is 0 Å². The molecule has 0 radical (unpaired) electrons. The molecule has 0 aromatic rings. The first-order chi connectivity index (χ1) is 10.1. The van der Waals surface area contributed by atoms with Crippen LogP contribution in [0, 0.1) is 17.8 Å². The van der Waals surface area contributed by atoms with Gasteiger partial charge in [-0.1, -0.05) is 0 Å². The molecule has 0 saturated heterocycles. The molecule has 0 amide bonds. The summed E-state index contributed by atoms with van der Waals surface area (Å²) in [5.41, 5.74) is 0. The second-order valence-corrected chi connectivity index (χ2v) is 7.39. The Labute approximate surface area is 133 Å². The van der Waals surface area contributed by atoms with Crippen LogP contribution in [0.4, 0.5) is 0 Å². The predicted octanol–water partition coefficient (Wildman–Crippen LogP) is 0.183. The summed E-state index contributed by atoms with van der Waals surface area (Å²) < 4.78 is 15.8. The molecule has 128 valence electrons. The summed E-state index contributed by atoms with van der Waals surface area (Å²) >= 11 is -2.89. The van der Waals surface area contributed by atoms with E-state index in [1.54, 1.807) is 0 Å². The predicted molar refractivity (Wildman–Crippen MR) is 74.0 cm³/mol. The molecule has 22 heavy (non-hydrogen) atoms. The standard InChI is InChI=1S/C12H21AsO9/c1-7(10(14)15)4-20-13(21-5-8(2)11(16)17)22-6-9(3)12(18)19/h7-9H,4-6H2,1-3H3,(H,14,15)(H,16,17)(H,18,19). The minimum atomic E-state index is -2.89. The normalized spacial score (nSPS) is 16.5. The zero-order valence-corrected chi connectivity index (χ0v) is 14.5. The summed E-state index contributed by atoms with van der Waals surface area (Å²) in [5.74, 6) is -5.49. The van der Waals surface area contributed by atoms with Crippen molar-refractivity contribution in [2.45, 2.75) is 20.8 Å². The third-order valence-corrected chi connectivity index (χ3v) is 4.82. The van der Waals surface area contributed by atoms with Gasteiger partial charge < -0.3 is 0 Å². The Morgan fingerprint density at radius 1 is 0.727 bits per heavy atom. The van der Waals surface area contributed by atoms with Crippen molar-refractivity contribution in [3.8, 4) is 0 Å². The Balaban J connectivity index is 4.44. The summed E-state index contributed by atoms with van der Waals surface area (Å²) in [6, 6.07) is 0. The molecule has 0 saturated carbocycles. The van der Waals surface area contributed by atoms with Crippen LogP contribution in [0.25, 0.3) is 0 Å². The van der Waals surface area contributed by atoms with Gasteiger partial charge in [-0.15, -0.1) is 0 Å². The fourth-order valence-corrected chi connectivity index (χ4v) is 3.49. The SMILES string of the molecule is CC(CO[As](OCC(C)C(=O)O)OCC(C)C(=O)O)C(=O)O. The summed E-state index contributed by atoms with van der Waals surface area (Å²) in [7, 11) is 0. The number of rotatable bonds is 12. The number of hydrogen-bond acceptors (Lipinski definition) is 6. The number of hydrogen-bond donors (Lipinski definition) is 3. The maximum atomic E-state index is 10.7. The minimum absolute atomic E-state index is 0.155. The first-order valence-electron chi connectivity index (χ1n) is 6.52. The van der Waals surface area contributed by atoms with Gasteiger partial charge in [0, 0.05) is 0 Å². The number of carboxylic acids is 3. The zero-order chi connectivity index (χ0) is 17.3. The van der Waals surface area contributed by atoms with E-state index in [2.05, 4.69) is 0 Å². The number of carboxylic acid groups (broad SMARTS) is 3. The van der Waals surface area contributed by atoms with Crippen LogP contribution < -0.4 is 0 Å². The molecule has 0 bridgehead atoms. The average molecular weight is 384 g/mol. The van der Waals surface area contributed by atoms with E-state index in [0.29, 0.717) is 0 Å². The fourth-order valence-electron chi connectivity index (χ4n) is 0.844. The third kappa shape index (κ3) is 8.99. The van der Waals surface area contributed by atoms with Crippen LogP contribution in [-0.4, -0.2) is 68.7 Å². The Kier molecular flexibility index (Phi) is 10.0. The molecule has 0 spiro atoms. The first-order valence-corrected chi connectivity index (χ1v) is 8.82. The molecule has 0 aliphatic carbocycles. The van der Waals surface area contributed by atoms with Gasteiger partial charge in [0.05, 0.1) is 0 Å². The molecule has 9 nitrogen and oxygen atoms in total. The van der Waals surface area contributed by atoms with E-state index in [-0.39, 0.29) is 19.8 Å². The third-order valence-electron chi connectivity index (χ3n) is 2.55. The average Bonchev–Trinajstić information content (AvgIpc) is 2.44. The van der Waals surface area contributed by atoms with Gasteiger partial charge in [0.25, 0.3) is 0 Å². The molecule has 0 aromatic heterocycles. The Morgan fingerprint density at radius 3 is 1.14 bits per heavy atom. The van der Waals surface area contributed by atoms with Crippen LogP contribution in [0.1, 0.15) is 20.8 Å².